The van der Waals surface area contributed by atoms with Crippen LogP contribution in [0.15, 0.2) is 53.6 Å². The molecule has 0 saturated carbocycles. The van der Waals surface area contributed by atoms with Gasteiger partial charge in [-0.25, -0.2) is 12.4 Å². The Bertz CT molecular complexity index is 1080. The van der Waals surface area contributed by atoms with E-state index in [1.54, 1.807) is 32.5 Å². The number of rotatable bonds is 5. The van der Waals surface area contributed by atoms with Gasteiger partial charge in [0.2, 0.25) is 0 Å². The topological polar surface area (TPSA) is 57.5 Å². The van der Waals surface area contributed by atoms with E-state index in [1.807, 2.05) is 31.2 Å². The van der Waals surface area contributed by atoms with Gasteiger partial charge in [0.15, 0.2) is 6.29 Å². The summed E-state index contributed by atoms with van der Waals surface area (Å²) >= 11 is 0. The lowest BCUT2D eigenvalue weighted by Crippen LogP contribution is -2.21. The zero-order chi connectivity index (χ0) is 19.2. The van der Waals surface area contributed by atoms with Crippen LogP contribution < -0.4 is 0 Å². The van der Waals surface area contributed by atoms with Crippen molar-refractivity contribution in [2.24, 2.45) is 0 Å². The summed E-state index contributed by atoms with van der Waals surface area (Å²) in [6.45, 7) is 1.94. The standard InChI is InChI=1S/C21H23NO4S/c1-14-4-7-16(8-5-14)27(23,24)22-13-12-15-6-9-17-18(20(15)22)10-11-19(17)21(25-2)26-3/h4-9,12-13,19,21H,10-11H2,1-3H3. The van der Waals surface area contributed by atoms with Gasteiger partial charge in [-0.05, 0) is 49.1 Å². The van der Waals surface area contributed by atoms with Gasteiger partial charge in [-0.1, -0.05) is 29.8 Å². The highest BCUT2D eigenvalue weighted by molar-refractivity contribution is 7.90. The van der Waals surface area contributed by atoms with Crippen molar-refractivity contribution in [3.63, 3.8) is 0 Å². The molecular formula is C21H23NO4S. The smallest absolute Gasteiger partial charge is 0.268 e. The van der Waals surface area contributed by atoms with E-state index in [9.17, 15) is 8.42 Å². The van der Waals surface area contributed by atoms with Gasteiger partial charge in [-0.2, -0.15) is 0 Å². The number of hydrogen-bond donors (Lipinski definition) is 0. The molecule has 4 rings (SSSR count). The molecule has 0 amide bonds. The maximum Gasteiger partial charge on any atom is 0.268 e. The van der Waals surface area contributed by atoms with Gasteiger partial charge in [0.05, 0.1) is 10.4 Å². The molecule has 6 heteroatoms. The molecule has 0 aliphatic heterocycles. The summed E-state index contributed by atoms with van der Waals surface area (Å²) in [6.07, 6.45) is 2.99. The summed E-state index contributed by atoms with van der Waals surface area (Å²) in [4.78, 5) is 0.296. The predicted octanol–water partition coefficient (Wildman–Crippen LogP) is 3.84. The van der Waals surface area contributed by atoms with Gasteiger partial charge >= 0.3 is 0 Å². The summed E-state index contributed by atoms with van der Waals surface area (Å²) < 4.78 is 38.9. The zero-order valence-corrected chi connectivity index (χ0v) is 16.5. The number of fused-ring (bicyclic) bond motifs is 3. The highest BCUT2D eigenvalue weighted by Gasteiger charge is 2.33. The summed E-state index contributed by atoms with van der Waals surface area (Å²) in [7, 11) is -0.387. The number of ether oxygens (including phenoxy) is 2. The molecule has 0 spiro atoms. The van der Waals surface area contributed by atoms with Crippen molar-refractivity contribution in [3.8, 4) is 0 Å². The molecule has 0 fully saturated rings. The van der Waals surface area contributed by atoms with E-state index in [1.165, 1.54) is 3.97 Å². The fraction of sp³-hybridized carbons (Fsp3) is 0.333. The average molecular weight is 385 g/mol. The Morgan fingerprint density at radius 1 is 1.04 bits per heavy atom. The zero-order valence-electron chi connectivity index (χ0n) is 15.7. The molecule has 5 nitrogen and oxygen atoms in total. The summed E-state index contributed by atoms with van der Waals surface area (Å²) in [5.74, 6) is 0.102. The number of nitrogens with zero attached hydrogens (tertiary/aromatic N) is 1. The van der Waals surface area contributed by atoms with E-state index in [4.69, 9.17) is 9.47 Å². The maximum absolute atomic E-state index is 13.3. The van der Waals surface area contributed by atoms with Crippen molar-refractivity contribution in [2.75, 3.05) is 14.2 Å². The van der Waals surface area contributed by atoms with Gasteiger partial charge in [-0.15, -0.1) is 0 Å². The lowest BCUT2D eigenvalue weighted by atomic mass is 9.99. The summed E-state index contributed by atoms with van der Waals surface area (Å²) in [5.41, 5.74) is 3.97. The van der Waals surface area contributed by atoms with Crippen LogP contribution in [0.4, 0.5) is 0 Å². The number of hydrogen-bond acceptors (Lipinski definition) is 4. The van der Waals surface area contributed by atoms with E-state index >= 15 is 0 Å². The Morgan fingerprint density at radius 2 is 1.74 bits per heavy atom. The Labute approximate surface area is 159 Å². The molecule has 1 atom stereocenters. The minimum atomic E-state index is -3.66. The van der Waals surface area contributed by atoms with Gasteiger partial charge in [0.25, 0.3) is 10.0 Å². The van der Waals surface area contributed by atoms with Crippen LogP contribution in [0.5, 0.6) is 0 Å². The van der Waals surface area contributed by atoms with Crippen molar-refractivity contribution in [1.29, 1.82) is 0 Å². The highest BCUT2D eigenvalue weighted by atomic mass is 32.2. The molecule has 1 heterocycles. The van der Waals surface area contributed by atoms with Crippen LogP contribution in [0.3, 0.4) is 0 Å². The van der Waals surface area contributed by atoms with Crippen LogP contribution in [-0.2, 0) is 25.9 Å². The van der Waals surface area contributed by atoms with Crippen molar-refractivity contribution >= 4 is 20.9 Å². The van der Waals surface area contributed by atoms with Crippen LogP contribution in [0.25, 0.3) is 10.9 Å². The van der Waals surface area contributed by atoms with Gasteiger partial charge in [0, 0.05) is 31.7 Å². The second kappa shape index (κ2) is 6.78. The first-order valence-corrected chi connectivity index (χ1v) is 10.4. The maximum atomic E-state index is 13.3. The third kappa shape index (κ3) is 2.88. The molecular weight excluding hydrogens is 362 g/mol. The molecule has 0 bridgehead atoms. The quantitative estimate of drug-likeness (QED) is 0.626. The van der Waals surface area contributed by atoms with Crippen LogP contribution in [0.2, 0.25) is 0 Å². The van der Waals surface area contributed by atoms with E-state index in [2.05, 4.69) is 6.07 Å². The molecule has 1 unspecified atom stereocenters. The van der Waals surface area contributed by atoms with Crippen molar-refractivity contribution in [3.05, 3.63) is 65.4 Å². The second-order valence-corrected chi connectivity index (χ2v) is 8.80. The number of aromatic nitrogens is 1. The largest absolute Gasteiger partial charge is 0.355 e. The van der Waals surface area contributed by atoms with Crippen molar-refractivity contribution < 1.29 is 17.9 Å². The van der Waals surface area contributed by atoms with E-state index < -0.39 is 10.0 Å². The van der Waals surface area contributed by atoms with Crippen LogP contribution in [-0.4, -0.2) is 32.9 Å². The minimum Gasteiger partial charge on any atom is -0.355 e. The molecule has 0 radical (unpaired) electrons. The third-order valence-corrected chi connectivity index (χ3v) is 7.13. The van der Waals surface area contributed by atoms with Crippen LogP contribution in [0.1, 0.15) is 29.0 Å². The first kappa shape index (κ1) is 18.2. The average Bonchev–Trinajstić information content (AvgIpc) is 3.27. The number of aryl methyl sites for hydroxylation is 2. The predicted molar refractivity (Wildman–Crippen MR) is 105 cm³/mol. The van der Waals surface area contributed by atoms with Crippen LogP contribution in [0, 0.1) is 6.92 Å². The summed E-state index contributed by atoms with van der Waals surface area (Å²) in [5, 5.41) is 0.927. The van der Waals surface area contributed by atoms with Gasteiger partial charge < -0.3 is 9.47 Å². The Hall–Kier alpha value is -2.15. The Kier molecular flexibility index (Phi) is 4.58. The fourth-order valence-electron chi connectivity index (χ4n) is 4.08. The van der Waals surface area contributed by atoms with E-state index in [0.29, 0.717) is 4.90 Å². The molecule has 2 aromatic carbocycles. The molecule has 0 N–H and O–H groups in total. The second-order valence-electron chi connectivity index (χ2n) is 6.99. The lowest BCUT2D eigenvalue weighted by molar-refractivity contribution is -0.117. The molecule has 3 aromatic rings. The fourth-order valence-corrected chi connectivity index (χ4v) is 5.47. The lowest BCUT2D eigenvalue weighted by Gasteiger charge is -2.21. The molecule has 1 aromatic heterocycles. The normalized spacial score (nSPS) is 17.0. The van der Waals surface area contributed by atoms with E-state index in [0.717, 1.165) is 40.4 Å². The molecule has 27 heavy (non-hydrogen) atoms. The monoisotopic (exact) mass is 385 g/mol. The van der Waals surface area contributed by atoms with Crippen molar-refractivity contribution in [2.45, 2.75) is 36.9 Å². The first-order valence-electron chi connectivity index (χ1n) is 8.98. The third-order valence-electron chi connectivity index (χ3n) is 5.44. The van der Waals surface area contributed by atoms with Gasteiger partial charge in [0.1, 0.15) is 0 Å². The number of benzene rings is 2. The Balaban J connectivity index is 1.88. The number of methoxy groups -OCH3 is 2. The Morgan fingerprint density at radius 3 is 2.41 bits per heavy atom. The molecule has 1 aliphatic rings. The summed E-state index contributed by atoms with van der Waals surface area (Å²) in [6, 6.07) is 12.9. The van der Waals surface area contributed by atoms with Crippen LogP contribution >= 0.6 is 0 Å². The minimum absolute atomic E-state index is 0.102. The van der Waals surface area contributed by atoms with Gasteiger partial charge in [-0.3, -0.25) is 0 Å². The molecule has 142 valence electrons. The molecule has 0 saturated heterocycles. The first-order chi connectivity index (χ1) is 13.0. The van der Waals surface area contributed by atoms with E-state index in [-0.39, 0.29) is 12.2 Å². The SMILES string of the molecule is COC(OC)C1CCc2c1ccc1ccn(S(=O)(=O)c3ccc(C)cc3)c21. The molecule has 1 aliphatic carbocycles. The van der Waals surface area contributed by atoms with Crippen molar-refractivity contribution in [1.82, 2.24) is 3.97 Å². The highest BCUT2D eigenvalue weighted by Crippen LogP contribution is 2.41.